The molecule has 3 aliphatic rings. The van der Waals surface area contributed by atoms with E-state index in [9.17, 15) is 61.0 Å². The first-order chi connectivity index (χ1) is 45.8. The van der Waals surface area contributed by atoms with E-state index < -0.39 is 124 Å². The van der Waals surface area contributed by atoms with Gasteiger partial charge >= 0.3 is 0 Å². The second kappa shape index (κ2) is 56.3. The number of ether oxygens (including phenoxy) is 6. The summed E-state index contributed by atoms with van der Waals surface area (Å²) in [5, 5.41) is 121. The summed E-state index contributed by atoms with van der Waals surface area (Å²) in [5.74, 6) is -0.242. The highest BCUT2D eigenvalue weighted by atomic mass is 16.8. The zero-order valence-corrected chi connectivity index (χ0v) is 58.2. The zero-order chi connectivity index (χ0) is 68.2. The van der Waals surface area contributed by atoms with Crippen LogP contribution >= 0.6 is 0 Å². The molecule has 0 radical (unpaired) electrons. The van der Waals surface area contributed by atoms with Crippen LogP contribution in [0.1, 0.15) is 277 Å². The summed E-state index contributed by atoms with van der Waals surface area (Å²) in [5.41, 5.74) is 0. The van der Waals surface area contributed by atoms with Crippen molar-refractivity contribution < 1.29 is 89.4 Å². The Kier molecular flexibility index (Phi) is 51.3. The molecule has 548 valence electrons. The van der Waals surface area contributed by atoms with E-state index in [0.717, 1.165) is 77.0 Å². The van der Waals surface area contributed by atoms with Gasteiger partial charge in [0.15, 0.2) is 18.9 Å². The van der Waals surface area contributed by atoms with Crippen LogP contribution in [-0.4, -0.2) is 193 Å². The minimum absolute atomic E-state index is 0.242. The first kappa shape index (κ1) is 85.7. The number of aliphatic hydroxyl groups is 11. The lowest BCUT2D eigenvalue weighted by atomic mass is 9.96. The molecule has 0 spiro atoms. The number of amides is 1. The Morgan fingerprint density at radius 1 is 0.394 bits per heavy atom. The van der Waals surface area contributed by atoms with Gasteiger partial charge in [-0.05, 0) is 57.8 Å². The fraction of sp³-hybridized carbons (Fsp3) is 0.853. The minimum Gasteiger partial charge on any atom is -0.394 e. The molecule has 19 nitrogen and oxygen atoms in total. The van der Waals surface area contributed by atoms with Crippen LogP contribution in [0.3, 0.4) is 0 Å². The van der Waals surface area contributed by atoms with E-state index in [2.05, 4.69) is 79.9 Å². The molecule has 0 aliphatic carbocycles. The number of aliphatic hydroxyl groups excluding tert-OH is 11. The number of nitrogens with one attached hydrogen (secondary N) is 1. The number of hydrogen-bond acceptors (Lipinski definition) is 18. The molecule has 0 bridgehead atoms. The SMILES string of the molecule is CC/C=C\C/C=C\C/C=C\C/C=C\C/C=C\CCCCCCCCCCCCCCCCCC(=O)NC(COC1OC(CO)C(OC2OC(CO)C(OC3OC(CO)C(O)C(O)C3O)C(O)C2O)C(O)C1O)C(O)CCCCCCCCCCCCCCCCCCCC. The number of rotatable bonds is 58. The third kappa shape index (κ3) is 37.1. The molecule has 12 N–H and O–H groups in total. The first-order valence-corrected chi connectivity index (χ1v) is 37.5. The summed E-state index contributed by atoms with van der Waals surface area (Å²) in [6.07, 6.45) is 43.0. The van der Waals surface area contributed by atoms with Gasteiger partial charge < -0.3 is 89.9 Å². The lowest BCUT2D eigenvalue weighted by molar-refractivity contribution is -0.379. The third-order valence-corrected chi connectivity index (χ3v) is 18.6. The van der Waals surface area contributed by atoms with Crippen LogP contribution in [0.4, 0.5) is 0 Å². The number of carbonyl (C=O) groups excluding carboxylic acids is 1. The van der Waals surface area contributed by atoms with Gasteiger partial charge in [0.05, 0.1) is 38.6 Å². The first-order valence-electron chi connectivity index (χ1n) is 37.5. The maximum absolute atomic E-state index is 13.5. The average molecular weight is 1340 g/mol. The summed E-state index contributed by atoms with van der Waals surface area (Å²) >= 11 is 0. The van der Waals surface area contributed by atoms with Crippen LogP contribution in [0, 0.1) is 0 Å². The Morgan fingerprint density at radius 2 is 0.734 bits per heavy atom. The van der Waals surface area contributed by atoms with Gasteiger partial charge in [0, 0.05) is 6.42 Å². The Hall–Kier alpha value is -2.51. The van der Waals surface area contributed by atoms with Gasteiger partial charge in [0.1, 0.15) is 73.2 Å². The molecular formula is C75H135NO18. The van der Waals surface area contributed by atoms with Crippen LogP contribution in [0.25, 0.3) is 0 Å². The lowest BCUT2D eigenvalue weighted by Gasteiger charge is -2.48. The third-order valence-electron chi connectivity index (χ3n) is 18.6. The molecule has 3 heterocycles. The monoisotopic (exact) mass is 1340 g/mol. The van der Waals surface area contributed by atoms with Crippen molar-refractivity contribution in [1.29, 1.82) is 0 Å². The van der Waals surface area contributed by atoms with Gasteiger partial charge in [-0.25, -0.2) is 0 Å². The highest BCUT2D eigenvalue weighted by Crippen LogP contribution is 2.33. The van der Waals surface area contributed by atoms with Gasteiger partial charge in [-0.2, -0.15) is 0 Å². The summed E-state index contributed by atoms with van der Waals surface area (Å²) in [6, 6.07) is -0.889. The predicted octanol–water partition coefficient (Wildman–Crippen LogP) is 11.1. The number of hydrogen-bond donors (Lipinski definition) is 12. The predicted molar refractivity (Wildman–Crippen MR) is 369 cm³/mol. The van der Waals surface area contributed by atoms with E-state index in [1.165, 1.54) is 167 Å². The van der Waals surface area contributed by atoms with E-state index in [0.29, 0.717) is 12.8 Å². The molecular weight excluding hydrogens is 1200 g/mol. The van der Waals surface area contributed by atoms with Crippen LogP contribution in [0.15, 0.2) is 60.8 Å². The van der Waals surface area contributed by atoms with Gasteiger partial charge in [0.2, 0.25) is 5.91 Å². The normalized spacial score (nSPS) is 27.7. The molecule has 1 amide bonds. The fourth-order valence-corrected chi connectivity index (χ4v) is 12.6. The molecule has 3 rings (SSSR count). The molecule has 19 heteroatoms. The van der Waals surface area contributed by atoms with E-state index in [1.807, 2.05) is 0 Å². The maximum Gasteiger partial charge on any atom is 0.220 e. The van der Waals surface area contributed by atoms with Crippen molar-refractivity contribution in [1.82, 2.24) is 5.32 Å². The number of unbranched alkanes of at least 4 members (excludes halogenated alkanes) is 32. The topological polar surface area (TPSA) is 307 Å². The molecule has 0 aromatic carbocycles. The van der Waals surface area contributed by atoms with Crippen molar-refractivity contribution in [3.05, 3.63) is 60.8 Å². The van der Waals surface area contributed by atoms with Crippen LogP contribution in [-0.2, 0) is 33.2 Å². The molecule has 3 aliphatic heterocycles. The molecule has 0 aromatic heterocycles. The molecule has 94 heavy (non-hydrogen) atoms. The summed E-state index contributed by atoms with van der Waals surface area (Å²) in [7, 11) is 0. The average Bonchev–Trinajstić information content (AvgIpc) is 0.787. The lowest BCUT2D eigenvalue weighted by Crippen LogP contribution is -2.66. The summed E-state index contributed by atoms with van der Waals surface area (Å²) < 4.78 is 34.5. The van der Waals surface area contributed by atoms with Crippen molar-refractivity contribution >= 4 is 5.91 Å². The van der Waals surface area contributed by atoms with E-state index >= 15 is 0 Å². The van der Waals surface area contributed by atoms with Crippen LogP contribution in [0.5, 0.6) is 0 Å². The molecule has 17 atom stereocenters. The Balaban J connectivity index is 1.37. The molecule has 3 fully saturated rings. The quantitative estimate of drug-likeness (QED) is 0.0199. The largest absolute Gasteiger partial charge is 0.394 e. The Morgan fingerprint density at radius 3 is 1.15 bits per heavy atom. The standard InChI is InChI=1S/C75H135NO18/c1-3-5-7-9-11-13-15-17-19-21-23-24-25-26-27-28-29-30-31-32-33-34-35-37-39-41-43-45-47-49-51-53-63(81)76-58(59(80)52-50-48-46-44-42-40-38-36-22-20-18-16-14-12-10-8-6-4-2)57-89-73-69(87)66(84)71(61(55-78)91-73)94-75-70(88)67(85)72(62(56-79)92-75)93-74-68(86)65(83)64(82)60(54-77)90-74/h5,7,11,13,17,19,23-24,26-27,58-62,64-75,77-80,82-88H,3-4,6,8-10,12,14-16,18,20-22,25,28-57H2,1-2H3,(H,76,81)/b7-5-,13-11-,19-17-,24-23-,27-26-. The minimum atomic E-state index is -1.97. The van der Waals surface area contributed by atoms with E-state index in [-0.39, 0.29) is 18.9 Å². The Bertz CT molecular complexity index is 1940. The van der Waals surface area contributed by atoms with Crippen molar-refractivity contribution in [3.63, 3.8) is 0 Å². The molecule has 0 aromatic rings. The Labute approximate surface area is 566 Å². The van der Waals surface area contributed by atoms with Crippen molar-refractivity contribution in [2.75, 3.05) is 26.4 Å². The smallest absolute Gasteiger partial charge is 0.220 e. The molecule has 3 saturated heterocycles. The molecule has 17 unspecified atom stereocenters. The van der Waals surface area contributed by atoms with E-state index in [4.69, 9.17) is 28.4 Å². The van der Waals surface area contributed by atoms with Gasteiger partial charge in [0.25, 0.3) is 0 Å². The highest BCUT2D eigenvalue weighted by Gasteiger charge is 2.53. The summed E-state index contributed by atoms with van der Waals surface area (Å²) in [4.78, 5) is 13.5. The van der Waals surface area contributed by atoms with Gasteiger partial charge in [-0.3, -0.25) is 4.79 Å². The number of allylic oxidation sites excluding steroid dienone is 10. The van der Waals surface area contributed by atoms with Crippen molar-refractivity contribution in [2.45, 2.75) is 381 Å². The van der Waals surface area contributed by atoms with Gasteiger partial charge in [-0.1, -0.05) is 274 Å². The van der Waals surface area contributed by atoms with Crippen LogP contribution in [0.2, 0.25) is 0 Å². The van der Waals surface area contributed by atoms with Gasteiger partial charge in [-0.15, -0.1) is 0 Å². The number of carbonyl (C=O) groups is 1. The zero-order valence-electron chi connectivity index (χ0n) is 58.2. The fourth-order valence-electron chi connectivity index (χ4n) is 12.6. The van der Waals surface area contributed by atoms with Crippen LogP contribution < -0.4 is 5.32 Å². The molecule has 0 saturated carbocycles. The van der Waals surface area contributed by atoms with Crippen molar-refractivity contribution in [3.8, 4) is 0 Å². The highest BCUT2D eigenvalue weighted by molar-refractivity contribution is 5.76. The summed E-state index contributed by atoms with van der Waals surface area (Å²) in [6.45, 7) is 1.71. The second-order valence-electron chi connectivity index (χ2n) is 26.7. The maximum atomic E-state index is 13.5. The second-order valence-corrected chi connectivity index (χ2v) is 26.7. The van der Waals surface area contributed by atoms with Crippen molar-refractivity contribution in [2.24, 2.45) is 0 Å². The van der Waals surface area contributed by atoms with E-state index in [1.54, 1.807) is 0 Å².